The minimum absolute atomic E-state index is 0.303. The first-order valence-corrected chi connectivity index (χ1v) is 6.70. The van der Waals surface area contributed by atoms with Gasteiger partial charge in [-0.3, -0.25) is 4.57 Å². The smallest absolute Gasteiger partial charge is 0.326 e. The van der Waals surface area contributed by atoms with Crippen molar-refractivity contribution in [1.82, 2.24) is 0 Å². The second kappa shape index (κ2) is 6.44. The normalized spacial score (nSPS) is 18.2. The molecular weight excluding hydrogens is 422 g/mol. The van der Waals surface area contributed by atoms with Crippen LogP contribution in [0.25, 0.3) is 0 Å². The van der Waals surface area contributed by atoms with Crippen molar-refractivity contribution in [2.45, 2.75) is 48.8 Å². The van der Waals surface area contributed by atoms with Crippen LogP contribution in [0.1, 0.15) is 6.92 Å². The van der Waals surface area contributed by atoms with Crippen LogP contribution in [0.15, 0.2) is 0 Å². The van der Waals surface area contributed by atoms with Gasteiger partial charge in [0, 0.05) is 0 Å². The molecule has 0 saturated carbocycles. The van der Waals surface area contributed by atoms with Crippen molar-refractivity contribution in [1.29, 1.82) is 0 Å². The number of alkyl halides is 13. The number of hydrogen-bond donors (Lipinski definition) is 1. The Bertz CT molecular complexity index is 514. The lowest BCUT2D eigenvalue weighted by Gasteiger charge is -2.40. The predicted molar refractivity (Wildman–Crippen MR) is 52.6 cm³/mol. The summed E-state index contributed by atoms with van der Waals surface area (Å²) in [6.07, 6.45) is -11.2. The van der Waals surface area contributed by atoms with Gasteiger partial charge in [0.25, 0.3) is 0 Å². The summed E-state index contributed by atoms with van der Waals surface area (Å²) in [5, 5.41) is 0. The van der Waals surface area contributed by atoms with E-state index >= 15 is 0 Å². The first-order valence-electron chi connectivity index (χ1n) is 5.44. The molecule has 0 aromatic heterocycles. The van der Waals surface area contributed by atoms with Crippen molar-refractivity contribution in [2.24, 2.45) is 0 Å². The highest BCUT2D eigenvalue weighted by Crippen LogP contribution is 2.61. The average Bonchev–Trinajstić information content (AvgIpc) is 2.35. The minimum Gasteiger partial charge on any atom is -0.326 e. The molecule has 0 aromatic carbocycles. The molecule has 0 aliphatic rings. The highest BCUT2D eigenvalue weighted by molar-refractivity contribution is 7.32. The van der Waals surface area contributed by atoms with Crippen LogP contribution in [-0.2, 0) is 9.09 Å². The van der Waals surface area contributed by atoms with E-state index in [9.17, 15) is 61.6 Å². The molecular formula is C8H6F13O3P. The summed E-state index contributed by atoms with van der Waals surface area (Å²) >= 11 is 0. The van der Waals surface area contributed by atoms with Gasteiger partial charge in [-0.15, -0.1) is 0 Å². The molecule has 0 saturated heterocycles. The lowest BCUT2D eigenvalue weighted by atomic mass is 9.92. The van der Waals surface area contributed by atoms with Crippen LogP contribution in [0.5, 0.6) is 0 Å². The van der Waals surface area contributed by atoms with E-state index in [4.69, 9.17) is 4.89 Å². The van der Waals surface area contributed by atoms with E-state index in [1.54, 1.807) is 0 Å². The van der Waals surface area contributed by atoms with Crippen molar-refractivity contribution in [3.05, 3.63) is 0 Å². The Hall–Kier alpha value is -0.760. The van der Waals surface area contributed by atoms with Crippen LogP contribution in [0.3, 0.4) is 0 Å². The van der Waals surface area contributed by atoms with Gasteiger partial charge in [-0.05, 0) is 6.92 Å². The van der Waals surface area contributed by atoms with Gasteiger partial charge in [-0.1, -0.05) is 0 Å². The second-order valence-electron chi connectivity index (χ2n) is 4.44. The molecule has 0 aromatic rings. The topological polar surface area (TPSA) is 46.5 Å². The largest absolute Gasteiger partial charge is 0.460 e. The zero-order chi connectivity index (χ0) is 20.9. The van der Waals surface area contributed by atoms with Crippen molar-refractivity contribution in [3.63, 3.8) is 0 Å². The minimum atomic E-state index is -8.02. The molecule has 3 nitrogen and oxygen atoms in total. The molecule has 0 amide bonds. The summed E-state index contributed by atoms with van der Waals surface area (Å²) in [6.45, 7) is -0.303. The third-order valence-electron chi connectivity index (χ3n) is 2.75. The molecule has 2 atom stereocenters. The fraction of sp³-hybridized carbons (Fsp3) is 1.00. The molecule has 0 radical (unpaired) electrons. The highest BCUT2D eigenvalue weighted by Gasteiger charge is 2.91. The van der Waals surface area contributed by atoms with Crippen LogP contribution >= 0.6 is 8.25 Å². The maximum absolute atomic E-state index is 13.2. The Labute approximate surface area is 129 Å². The molecule has 0 fully saturated rings. The number of halogens is 13. The molecule has 152 valence electrons. The van der Waals surface area contributed by atoms with E-state index in [-0.39, 0.29) is 6.92 Å². The molecule has 0 rings (SSSR count). The lowest BCUT2D eigenvalue weighted by Crippen LogP contribution is -2.71. The van der Waals surface area contributed by atoms with Gasteiger partial charge in [-0.25, -0.2) is 0 Å². The van der Waals surface area contributed by atoms with Crippen LogP contribution in [-0.4, -0.2) is 46.8 Å². The molecule has 1 N–H and O–H groups in total. The van der Waals surface area contributed by atoms with E-state index in [1.165, 1.54) is 0 Å². The standard InChI is InChI=1S/C8H6F13O3P/c1-2(24-25(22)23)3(9,10)4(11,12)5(13,14)6(15,16)7(17,18)8(19,20)21/h2,25H,1H3,(H,22,23). The second-order valence-corrected chi connectivity index (χ2v) is 5.21. The van der Waals surface area contributed by atoms with Gasteiger partial charge in [0.2, 0.25) is 0 Å². The number of hydrogen-bond acceptors (Lipinski definition) is 2. The van der Waals surface area contributed by atoms with Crippen LogP contribution in [0, 0.1) is 0 Å². The van der Waals surface area contributed by atoms with Crippen molar-refractivity contribution in [2.75, 3.05) is 0 Å². The summed E-state index contributed by atoms with van der Waals surface area (Å²) in [7, 11) is -4.53. The van der Waals surface area contributed by atoms with E-state index in [0.29, 0.717) is 0 Å². The molecule has 0 aliphatic carbocycles. The van der Waals surface area contributed by atoms with Gasteiger partial charge in [0.05, 0.1) is 0 Å². The lowest BCUT2D eigenvalue weighted by molar-refractivity contribution is -0.443. The Balaban J connectivity index is 6.25. The van der Waals surface area contributed by atoms with Crippen LogP contribution < -0.4 is 0 Å². The fourth-order valence-corrected chi connectivity index (χ4v) is 1.71. The maximum atomic E-state index is 13.2. The Morgan fingerprint density at radius 1 is 0.720 bits per heavy atom. The summed E-state index contributed by atoms with van der Waals surface area (Å²) in [5.74, 6) is -37.9. The maximum Gasteiger partial charge on any atom is 0.460 e. The molecule has 25 heavy (non-hydrogen) atoms. The first kappa shape index (κ1) is 24.2. The van der Waals surface area contributed by atoms with Gasteiger partial charge in [-0.2, -0.15) is 57.1 Å². The Kier molecular flexibility index (Phi) is 6.25. The molecule has 0 spiro atoms. The quantitative estimate of drug-likeness (QED) is 0.480. The summed E-state index contributed by atoms with van der Waals surface area (Å²) in [6, 6.07) is 0. The molecule has 17 heteroatoms. The van der Waals surface area contributed by atoms with Gasteiger partial charge in [0.1, 0.15) is 6.10 Å². The SMILES string of the molecule is CC(O[PH](=O)O)C(F)(F)C(F)(F)C(F)(F)C(F)(F)C(F)(F)C(F)(F)F. The zero-order valence-electron chi connectivity index (χ0n) is 11.3. The molecule has 0 heterocycles. The van der Waals surface area contributed by atoms with E-state index in [0.717, 1.165) is 0 Å². The van der Waals surface area contributed by atoms with Crippen LogP contribution in [0.2, 0.25) is 0 Å². The third-order valence-corrected chi connectivity index (χ3v) is 3.30. The van der Waals surface area contributed by atoms with Gasteiger partial charge < -0.3 is 9.42 Å². The van der Waals surface area contributed by atoms with Crippen molar-refractivity contribution >= 4 is 8.25 Å². The average molecular weight is 428 g/mol. The summed E-state index contributed by atoms with van der Waals surface area (Å²) in [5.41, 5.74) is 0. The van der Waals surface area contributed by atoms with Crippen molar-refractivity contribution < 1.29 is 71.1 Å². The zero-order valence-corrected chi connectivity index (χ0v) is 12.3. The fourth-order valence-electron chi connectivity index (χ4n) is 1.26. The number of rotatable bonds is 7. The Morgan fingerprint density at radius 2 is 1.04 bits per heavy atom. The monoisotopic (exact) mass is 428 g/mol. The van der Waals surface area contributed by atoms with E-state index < -0.39 is 50.1 Å². The molecule has 0 aliphatic heterocycles. The van der Waals surface area contributed by atoms with E-state index in [1.807, 2.05) is 0 Å². The third kappa shape index (κ3) is 3.56. The van der Waals surface area contributed by atoms with Gasteiger partial charge in [0.15, 0.2) is 0 Å². The highest BCUT2D eigenvalue weighted by atomic mass is 31.1. The Morgan fingerprint density at radius 3 is 1.32 bits per heavy atom. The molecule has 2 unspecified atom stereocenters. The van der Waals surface area contributed by atoms with Crippen LogP contribution in [0.4, 0.5) is 57.1 Å². The molecule has 0 bridgehead atoms. The van der Waals surface area contributed by atoms with Crippen molar-refractivity contribution in [3.8, 4) is 0 Å². The summed E-state index contributed by atoms with van der Waals surface area (Å²) in [4.78, 5) is 8.09. The summed E-state index contributed by atoms with van der Waals surface area (Å²) < 4.78 is 178. The first-order chi connectivity index (χ1) is 10.6. The van der Waals surface area contributed by atoms with E-state index in [2.05, 4.69) is 4.52 Å². The van der Waals surface area contributed by atoms with Gasteiger partial charge >= 0.3 is 44.0 Å². The predicted octanol–water partition coefficient (Wildman–Crippen LogP) is 4.51.